The third kappa shape index (κ3) is 2.80. The number of hydrogen-bond donors (Lipinski definition) is 1. The van der Waals surface area contributed by atoms with Crippen LogP contribution in [0.1, 0.15) is 22.8 Å². The van der Waals surface area contributed by atoms with Gasteiger partial charge in [-0.15, -0.1) is 0 Å². The second-order valence-corrected chi connectivity index (χ2v) is 6.19. The number of halogens is 3. The van der Waals surface area contributed by atoms with Crippen LogP contribution in [0.2, 0.25) is 5.02 Å². The molecule has 0 fully saturated rings. The summed E-state index contributed by atoms with van der Waals surface area (Å²) in [7, 11) is 0. The molecule has 94 valence electrons. The Bertz CT molecular complexity index is 582. The fourth-order valence-electron chi connectivity index (χ4n) is 1.77. The Morgan fingerprint density at radius 2 is 1.83 bits per heavy atom. The van der Waals surface area contributed by atoms with Gasteiger partial charge in [0, 0.05) is 25.1 Å². The average molecular weight is 391 g/mol. The average Bonchev–Trinajstić information content (AvgIpc) is 2.35. The minimum atomic E-state index is -0.746. The van der Waals surface area contributed by atoms with Gasteiger partial charge in [-0.3, -0.25) is 0 Å². The fourth-order valence-corrected chi connectivity index (χ4v) is 2.84. The first-order chi connectivity index (χ1) is 8.50. The maximum atomic E-state index is 10.5. The van der Waals surface area contributed by atoms with Crippen molar-refractivity contribution in [2.24, 2.45) is 0 Å². The molecule has 2 rings (SSSR count). The predicted octanol–water partition coefficient (Wildman–Crippen LogP) is 5.26. The van der Waals surface area contributed by atoms with Gasteiger partial charge in [0.15, 0.2) is 0 Å². The van der Waals surface area contributed by atoms with Gasteiger partial charge in [-0.1, -0.05) is 61.7 Å². The van der Waals surface area contributed by atoms with Gasteiger partial charge in [-0.25, -0.2) is 0 Å². The monoisotopic (exact) mass is 388 g/mol. The van der Waals surface area contributed by atoms with Crippen molar-refractivity contribution >= 4 is 43.5 Å². The van der Waals surface area contributed by atoms with Crippen molar-refractivity contribution in [1.82, 2.24) is 0 Å². The maximum absolute atomic E-state index is 10.5. The van der Waals surface area contributed by atoms with Crippen molar-refractivity contribution in [1.29, 1.82) is 0 Å². The number of hydrogen-bond acceptors (Lipinski definition) is 1. The molecule has 0 spiro atoms. The number of aryl methyl sites for hydroxylation is 1. The minimum Gasteiger partial charge on any atom is -0.384 e. The summed E-state index contributed by atoms with van der Waals surface area (Å²) in [5, 5.41) is 11.1. The molecule has 1 atom stereocenters. The summed E-state index contributed by atoms with van der Waals surface area (Å²) in [6.45, 7) is 1.93. The summed E-state index contributed by atoms with van der Waals surface area (Å²) in [6.07, 6.45) is -0.746. The lowest BCUT2D eigenvalue weighted by molar-refractivity contribution is 0.219. The highest BCUT2D eigenvalue weighted by molar-refractivity contribution is 9.11. The number of aliphatic hydroxyl groups is 1. The van der Waals surface area contributed by atoms with Gasteiger partial charge >= 0.3 is 0 Å². The van der Waals surface area contributed by atoms with Crippen molar-refractivity contribution < 1.29 is 5.11 Å². The first-order valence-corrected chi connectivity index (χ1v) is 7.35. The Hall–Kier alpha value is -0.350. The van der Waals surface area contributed by atoms with Crippen LogP contribution in [0.15, 0.2) is 45.3 Å². The second-order valence-electron chi connectivity index (χ2n) is 4.05. The molecule has 1 N–H and O–H groups in total. The normalized spacial score (nSPS) is 12.5. The van der Waals surface area contributed by atoms with Crippen LogP contribution < -0.4 is 0 Å². The van der Waals surface area contributed by atoms with E-state index >= 15 is 0 Å². The van der Waals surface area contributed by atoms with Gasteiger partial charge in [0.05, 0.1) is 0 Å². The molecule has 1 nitrogen and oxygen atoms in total. The van der Waals surface area contributed by atoms with Crippen LogP contribution >= 0.6 is 43.5 Å². The van der Waals surface area contributed by atoms with E-state index in [1.165, 1.54) is 0 Å². The standard InChI is InChI=1S/C14H11Br2ClO/c1-8-3-2-4-10(13(8)17)14(18)11-7-9(15)5-6-12(11)16/h2-7,14,18H,1H3. The molecule has 0 heterocycles. The summed E-state index contributed by atoms with van der Waals surface area (Å²) in [4.78, 5) is 0. The first kappa shape index (κ1) is 14.1. The molecule has 0 aliphatic rings. The van der Waals surface area contributed by atoms with Gasteiger partial charge in [0.25, 0.3) is 0 Å². The molecule has 0 aliphatic carbocycles. The SMILES string of the molecule is Cc1cccc(C(O)c2cc(Br)ccc2Br)c1Cl. The zero-order valence-corrected chi connectivity index (χ0v) is 13.6. The molecule has 0 aliphatic heterocycles. The summed E-state index contributed by atoms with van der Waals surface area (Å²) in [6, 6.07) is 11.4. The fraction of sp³-hybridized carbons (Fsp3) is 0.143. The van der Waals surface area contributed by atoms with Crippen LogP contribution in [-0.4, -0.2) is 5.11 Å². The largest absolute Gasteiger partial charge is 0.384 e. The van der Waals surface area contributed by atoms with Crippen LogP contribution in [0, 0.1) is 6.92 Å². The number of aliphatic hydroxyl groups excluding tert-OH is 1. The van der Waals surface area contributed by atoms with Crippen molar-refractivity contribution in [3.05, 3.63) is 67.1 Å². The van der Waals surface area contributed by atoms with Crippen LogP contribution in [-0.2, 0) is 0 Å². The van der Waals surface area contributed by atoms with Crippen LogP contribution in [0.4, 0.5) is 0 Å². The van der Waals surface area contributed by atoms with E-state index in [0.29, 0.717) is 5.02 Å². The Labute approximate surface area is 128 Å². The van der Waals surface area contributed by atoms with Gasteiger partial charge in [-0.2, -0.15) is 0 Å². The highest BCUT2D eigenvalue weighted by Crippen LogP contribution is 2.35. The highest BCUT2D eigenvalue weighted by Gasteiger charge is 2.17. The molecule has 2 aromatic carbocycles. The van der Waals surface area contributed by atoms with Crippen LogP contribution in [0.5, 0.6) is 0 Å². The molecule has 0 aromatic heterocycles. The van der Waals surface area contributed by atoms with Crippen molar-refractivity contribution in [3.63, 3.8) is 0 Å². The third-order valence-corrected chi connectivity index (χ3v) is 4.50. The third-order valence-electron chi connectivity index (χ3n) is 2.77. The molecule has 0 bridgehead atoms. The highest BCUT2D eigenvalue weighted by atomic mass is 79.9. The number of rotatable bonds is 2. The van der Waals surface area contributed by atoms with E-state index < -0.39 is 6.10 Å². The van der Waals surface area contributed by atoms with Gasteiger partial charge in [-0.05, 0) is 30.7 Å². The van der Waals surface area contributed by atoms with Crippen molar-refractivity contribution in [2.45, 2.75) is 13.0 Å². The zero-order chi connectivity index (χ0) is 13.3. The Morgan fingerprint density at radius 1 is 1.11 bits per heavy atom. The Balaban J connectivity index is 2.51. The minimum absolute atomic E-state index is 0.608. The smallest absolute Gasteiger partial charge is 0.107 e. The summed E-state index contributed by atoms with van der Waals surface area (Å²) < 4.78 is 1.78. The summed E-state index contributed by atoms with van der Waals surface area (Å²) >= 11 is 13.1. The van der Waals surface area contributed by atoms with E-state index in [9.17, 15) is 5.11 Å². The van der Waals surface area contributed by atoms with Gasteiger partial charge in [0.1, 0.15) is 6.10 Å². The summed E-state index contributed by atoms with van der Waals surface area (Å²) in [5.41, 5.74) is 2.46. The van der Waals surface area contributed by atoms with E-state index in [-0.39, 0.29) is 0 Å². The van der Waals surface area contributed by atoms with Crippen LogP contribution in [0.25, 0.3) is 0 Å². The van der Waals surface area contributed by atoms with E-state index in [4.69, 9.17) is 11.6 Å². The molecule has 0 radical (unpaired) electrons. The molecule has 18 heavy (non-hydrogen) atoms. The van der Waals surface area contributed by atoms with E-state index in [2.05, 4.69) is 31.9 Å². The molecular formula is C14H11Br2ClO. The lowest BCUT2D eigenvalue weighted by Crippen LogP contribution is -2.02. The lowest BCUT2D eigenvalue weighted by Gasteiger charge is -2.16. The van der Waals surface area contributed by atoms with E-state index in [1.54, 1.807) is 0 Å². The molecular weight excluding hydrogens is 379 g/mol. The predicted molar refractivity (Wildman–Crippen MR) is 82.1 cm³/mol. The molecule has 0 saturated carbocycles. The zero-order valence-electron chi connectivity index (χ0n) is 9.62. The second kappa shape index (κ2) is 5.74. The molecule has 0 saturated heterocycles. The molecule has 2 aromatic rings. The molecule has 4 heteroatoms. The van der Waals surface area contributed by atoms with E-state index in [1.807, 2.05) is 43.3 Å². The van der Waals surface area contributed by atoms with Crippen molar-refractivity contribution in [2.75, 3.05) is 0 Å². The maximum Gasteiger partial charge on any atom is 0.107 e. The van der Waals surface area contributed by atoms with Gasteiger partial charge in [0.2, 0.25) is 0 Å². The van der Waals surface area contributed by atoms with Crippen LogP contribution in [0.3, 0.4) is 0 Å². The van der Waals surface area contributed by atoms with Gasteiger partial charge < -0.3 is 5.11 Å². The quantitative estimate of drug-likeness (QED) is 0.742. The Morgan fingerprint density at radius 3 is 2.56 bits per heavy atom. The molecule has 1 unspecified atom stereocenters. The lowest BCUT2D eigenvalue weighted by atomic mass is 10.00. The molecule has 0 amide bonds. The van der Waals surface area contributed by atoms with E-state index in [0.717, 1.165) is 25.6 Å². The topological polar surface area (TPSA) is 20.2 Å². The Kier molecular flexibility index (Phi) is 4.49. The number of benzene rings is 2. The van der Waals surface area contributed by atoms with Crippen molar-refractivity contribution in [3.8, 4) is 0 Å². The summed E-state index contributed by atoms with van der Waals surface area (Å²) in [5.74, 6) is 0. The first-order valence-electron chi connectivity index (χ1n) is 5.38.